The van der Waals surface area contributed by atoms with Gasteiger partial charge in [0.25, 0.3) is 11.6 Å². The Bertz CT molecular complexity index is 956. The molecule has 0 radical (unpaired) electrons. The molecule has 0 spiro atoms. The third-order valence-corrected chi connectivity index (χ3v) is 5.34. The monoisotopic (exact) mass is 379 g/mol. The van der Waals surface area contributed by atoms with E-state index < -0.39 is 20.9 Å². The van der Waals surface area contributed by atoms with Crippen LogP contribution in [0.3, 0.4) is 0 Å². The van der Waals surface area contributed by atoms with Crippen molar-refractivity contribution in [1.29, 1.82) is 0 Å². The van der Waals surface area contributed by atoms with Gasteiger partial charge in [-0.05, 0) is 24.3 Å². The van der Waals surface area contributed by atoms with E-state index in [1.165, 1.54) is 57.6 Å². The van der Waals surface area contributed by atoms with Gasteiger partial charge in [-0.2, -0.15) is 0 Å². The average Bonchev–Trinajstić information content (AvgIpc) is 2.61. The minimum Gasteiger partial charge on any atom is -0.495 e. The number of amides is 1. The summed E-state index contributed by atoms with van der Waals surface area (Å²) in [7, 11) is 0.302. The predicted molar refractivity (Wildman–Crippen MR) is 94.9 cm³/mol. The highest BCUT2D eigenvalue weighted by Crippen LogP contribution is 2.29. The van der Waals surface area contributed by atoms with E-state index in [2.05, 4.69) is 5.32 Å². The largest absolute Gasteiger partial charge is 0.495 e. The second-order valence-corrected chi connectivity index (χ2v) is 7.53. The molecule has 0 aliphatic carbocycles. The Kier molecular flexibility index (Phi) is 5.58. The molecule has 0 unspecified atom stereocenters. The average molecular weight is 379 g/mol. The molecule has 2 aromatic carbocycles. The summed E-state index contributed by atoms with van der Waals surface area (Å²) in [5.41, 5.74) is 0.0676. The van der Waals surface area contributed by atoms with E-state index in [0.717, 1.165) is 10.4 Å². The fourth-order valence-electron chi connectivity index (χ4n) is 2.12. The summed E-state index contributed by atoms with van der Waals surface area (Å²) in [4.78, 5) is 22.4. The quantitative estimate of drug-likeness (QED) is 0.606. The van der Waals surface area contributed by atoms with E-state index >= 15 is 0 Å². The van der Waals surface area contributed by atoms with Crippen LogP contribution in [0.25, 0.3) is 0 Å². The van der Waals surface area contributed by atoms with Crippen molar-refractivity contribution >= 4 is 27.3 Å². The maximum atomic E-state index is 12.4. The standard InChI is InChI=1S/C16H17N3O6S/c1-18(2)26(23,24)15-10-12(7-8-14(15)25-3)17-16(20)11-5-4-6-13(9-11)19(21)22/h4-10H,1-3H3,(H,17,20). The van der Waals surface area contributed by atoms with Crippen LogP contribution in [0.15, 0.2) is 47.4 Å². The third-order valence-electron chi connectivity index (χ3n) is 3.50. The number of nitrogens with zero attached hydrogens (tertiary/aromatic N) is 2. The van der Waals surface area contributed by atoms with Gasteiger partial charge in [0.2, 0.25) is 10.0 Å². The van der Waals surface area contributed by atoms with Crippen LogP contribution in [0.5, 0.6) is 5.75 Å². The number of benzene rings is 2. The van der Waals surface area contributed by atoms with E-state index in [1.54, 1.807) is 0 Å². The highest BCUT2D eigenvalue weighted by molar-refractivity contribution is 7.89. The Hall–Kier alpha value is -2.98. The molecule has 138 valence electrons. The molecule has 0 aliphatic heterocycles. The molecule has 26 heavy (non-hydrogen) atoms. The molecule has 2 rings (SSSR count). The van der Waals surface area contributed by atoms with Gasteiger partial charge in [0, 0.05) is 37.5 Å². The molecule has 0 bridgehead atoms. The first-order valence-corrected chi connectivity index (χ1v) is 8.77. The van der Waals surface area contributed by atoms with Crippen LogP contribution in [0, 0.1) is 10.1 Å². The summed E-state index contributed by atoms with van der Waals surface area (Å²) >= 11 is 0. The molecular formula is C16H17N3O6S. The second kappa shape index (κ2) is 7.50. The Morgan fingerprint density at radius 2 is 1.88 bits per heavy atom. The van der Waals surface area contributed by atoms with E-state index in [4.69, 9.17) is 4.74 Å². The summed E-state index contributed by atoms with van der Waals surface area (Å²) < 4.78 is 30.9. The zero-order valence-corrected chi connectivity index (χ0v) is 15.1. The van der Waals surface area contributed by atoms with Gasteiger partial charge in [-0.15, -0.1) is 0 Å². The number of methoxy groups -OCH3 is 1. The lowest BCUT2D eigenvalue weighted by Gasteiger charge is -2.16. The number of non-ortho nitro benzene ring substituents is 1. The van der Waals surface area contributed by atoms with Gasteiger partial charge in [-0.25, -0.2) is 12.7 Å². The number of hydrogen-bond donors (Lipinski definition) is 1. The molecule has 1 amide bonds. The minimum atomic E-state index is -3.79. The van der Waals surface area contributed by atoms with Gasteiger partial charge in [-0.1, -0.05) is 6.07 Å². The number of ether oxygens (including phenoxy) is 1. The van der Waals surface area contributed by atoms with Crippen LogP contribution >= 0.6 is 0 Å². The first-order chi connectivity index (χ1) is 12.2. The molecule has 2 aromatic rings. The molecule has 0 heterocycles. The smallest absolute Gasteiger partial charge is 0.270 e. The van der Waals surface area contributed by atoms with Crippen LogP contribution in [-0.2, 0) is 10.0 Å². The number of anilines is 1. The lowest BCUT2D eigenvalue weighted by Crippen LogP contribution is -2.23. The third kappa shape index (κ3) is 3.98. The van der Waals surface area contributed by atoms with Crippen LogP contribution in [0.2, 0.25) is 0 Å². The lowest BCUT2D eigenvalue weighted by atomic mass is 10.2. The molecule has 9 nitrogen and oxygen atoms in total. The zero-order valence-electron chi connectivity index (χ0n) is 14.3. The number of nitro benzene ring substituents is 1. The normalized spacial score (nSPS) is 11.2. The van der Waals surface area contributed by atoms with Gasteiger partial charge < -0.3 is 10.1 Å². The van der Waals surface area contributed by atoms with Crippen molar-refractivity contribution in [2.75, 3.05) is 26.5 Å². The first kappa shape index (κ1) is 19.3. The van der Waals surface area contributed by atoms with Gasteiger partial charge in [-0.3, -0.25) is 14.9 Å². The Balaban J connectivity index is 2.37. The molecule has 0 aliphatic rings. The van der Waals surface area contributed by atoms with Crippen molar-refractivity contribution in [3.8, 4) is 5.75 Å². The molecule has 0 aromatic heterocycles. The van der Waals surface area contributed by atoms with Crippen LogP contribution in [-0.4, -0.2) is 44.8 Å². The molecule has 10 heteroatoms. The number of sulfonamides is 1. The second-order valence-electron chi connectivity index (χ2n) is 5.41. The Morgan fingerprint density at radius 3 is 2.46 bits per heavy atom. The first-order valence-electron chi connectivity index (χ1n) is 7.33. The summed E-state index contributed by atoms with van der Waals surface area (Å²) in [6.07, 6.45) is 0. The highest BCUT2D eigenvalue weighted by Gasteiger charge is 2.23. The van der Waals surface area contributed by atoms with Crippen molar-refractivity contribution in [2.45, 2.75) is 4.90 Å². The number of carbonyl (C=O) groups is 1. The van der Waals surface area contributed by atoms with Crippen LogP contribution in [0.4, 0.5) is 11.4 Å². The summed E-state index contributed by atoms with van der Waals surface area (Å²) in [5.74, 6) is -0.473. The minimum absolute atomic E-state index is 0.0760. The van der Waals surface area contributed by atoms with E-state index in [1.807, 2.05) is 0 Å². The zero-order chi connectivity index (χ0) is 19.5. The van der Waals surface area contributed by atoms with Crippen molar-refractivity contribution < 1.29 is 22.9 Å². The molecular weight excluding hydrogens is 362 g/mol. The summed E-state index contributed by atoms with van der Waals surface area (Å²) in [6.45, 7) is 0. The summed E-state index contributed by atoms with van der Waals surface area (Å²) in [5, 5.41) is 13.3. The van der Waals surface area contributed by atoms with Crippen LogP contribution < -0.4 is 10.1 Å². The van der Waals surface area contributed by atoms with Gasteiger partial charge >= 0.3 is 0 Å². The topological polar surface area (TPSA) is 119 Å². The number of nitrogens with one attached hydrogen (secondary N) is 1. The highest BCUT2D eigenvalue weighted by atomic mass is 32.2. The van der Waals surface area contributed by atoms with E-state index in [9.17, 15) is 23.3 Å². The molecule has 0 saturated heterocycles. The van der Waals surface area contributed by atoms with Gasteiger partial charge in [0.05, 0.1) is 12.0 Å². The Labute approximate surface area is 150 Å². The van der Waals surface area contributed by atoms with Crippen molar-refractivity contribution in [1.82, 2.24) is 4.31 Å². The van der Waals surface area contributed by atoms with Crippen molar-refractivity contribution in [3.63, 3.8) is 0 Å². The number of nitro groups is 1. The van der Waals surface area contributed by atoms with Gasteiger partial charge in [0.15, 0.2) is 0 Å². The van der Waals surface area contributed by atoms with E-state index in [0.29, 0.717) is 0 Å². The number of hydrogen-bond acceptors (Lipinski definition) is 6. The number of carbonyl (C=O) groups excluding carboxylic acids is 1. The maximum Gasteiger partial charge on any atom is 0.270 e. The predicted octanol–water partition coefficient (Wildman–Crippen LogP) is 2.11. The SMILES string of the molecule is COc1ccc(NC(=O)c2cccc([N+](=O)[O-])c2)cc1S(=O)(=O)N(C)C. The van der Waals surface area contributed by atoms with Gasteiger partial charge in [0.1, 0.15) is 10.6 Å². The Morgan fingerprint density at radius 1 is 1.19 bits per heavy atom. The van der Waals surface area contributed by atoms with Crippen molar-refractivity contribution in [3.05, 3.63) is 58.1 Å². The van der Waals surface area contributed by atoms with E-state index in [-0.39, 0.29) is 27.6 Å². The lowest BCUT2D eigenvalue weighted by molar-refractivity contribution is -0.384. The number of rotatable bonds is 6. The van der Waals surface area contributed by atoms with Crippen LogP contribution in [0.1, 0.15) is 10.4 Å². The van der Waals surface area contributed by atoms with Crippen molar-refractivity contribution in [2.24, 2.45) is 0 Å². The summed E-state index contributed by atoms with van der Waals surface area (Å²) in [6, 6.07) is 9.38. The fourth-order valence-corrected chi connectivity index (χ4v) is 3.19. The molecule has 0 atom stereocenters. The fraction of sp³-hybridized carbons (Fsp3) is 0.188. The molecule has 1 N–H and O–H groups in total. The maximum absolute atomic E-state index is 12.4. The molecule has 0 fully saturated rings. The molecule has 0 saturated carbocycles.